The number of nitrogens with zero attached hydrogens (tertiary/aromatic N) is 4. The lowest BCUT2D eigenvalue weighted by molar-refractivity contribution is -0.151. The summed E-state index contributed by atoms with van der Waals surface area (Å²) in [5, 5.41) is 0. The van der Waals surface area contributed by atoms with Crippen LogP contribution in [0, 0.1) is 5.92 Å². The maximum Gasteiger partial charge on any atom is 0.320 e. The summed E-state index contributed by atoms with van der Waals surface area (Å²) in [6, 6.07) is 0. The van der Waals surface area contributed by atoms with Crippen LogP contribution in [-0.4, -0.2) is 162 Å². The summed E-state index contributed by atoms with van der Waals surface area (Å²) in [5.74, 6) is -2.79. The molecule has 0 saturated carbocycles. The molecule has 0 N–H and O–H groups in total. The van der Waals surface area contributed by atoms with E-state index in [-0.39, 0.29) is 77.6 Å². The van der Waals surface area contributed by atoms with Gasteiger partial charge >= 0.3 is 29.8 Å². The third-order valence-electron chi connectivity index (χ3n) is 6.54. The van der Waals surface area contributed by atoms with Gasteiger partial charge in [-0.3, -0.25) is 43.6 Å². The lowest BCUT2D eigenvalue weighted by Gasteiger charge is -2.33. The van der Waals surface area contributed by atoms with Gasteiger partial charge in [-0.2, -0.15) is 0 Å². The minimum Gasteiger partial charge on any atom is -0.469 e. The minimum atomic E-state index is -0.709. The number of methoxy groups -OCH3 is 1. The van der Waals surface area contributed by atoms with Gasteiger partial charge < -0.3 is 23.7 Å². The Morgan fingerprint density at radius 1 is 0.524 bits per heavy atom. The molecule has 0 radical (unpaired) electrons. The second kappa shape index (κ2) is 21.8. The Kier molecular flexibility index (Phi) is 19.3. The number of rotatable bonds is 13. The highest BCUT2D eigenvalue weighted by molar-refractivity contribution is 5.75. The Labute approximate surface area is 249 Å². The maximum absolute atomic E-state index is 12.9. The van der Waals surface area contributed by atoms with Gasteiger partial charge in [0.15, 0.2) is 0 Å². The average Bonchev–Trinajstić information content (AvgIpc) is 2.93. The molecule has 1 aliphatic heterocycles. The number of carbonyl (C=O) groups excluding carboxylic acids is 5. The first-order chi connectivity index (χ1) is 20.1. The standard InChI is InChI=1S/C28H50N4O10/c1-6-39-24(33)19-29-11-10-12-30(20-25(34)40-7-2)14-16-32(22-27(36)42-9-4)18-23(28(37)38-5)17-31(15-13-29)21-26(35)41-8-3/h23H,6-22H2,1-5H3. The van der Waals surface area contributed by atoms with Gasteiger partial charge in [0.25, 0.3) is 0 Å². The number of hydrogen-bond acceptors (Lipinski definition) is 14. The van der Waals surface area contributed by atoms with Crippen LogP contribution in [0.2, 0.25) is 0 Å². The minimum absolute atomic E-state index is 0.0558. The molecule has 0 atom stereocenters. The monoisotopic (exact) mass is 602 g/mol. The smallest absolute Gasteiger partial charge is 0.320 e. The van der Waals surface area contributed by atoms with E-state index in [1.807, 2.05) is 9.80 Å². The van der Waals surface area contributed by atoms with E-state index in [9.17, 15) is 24.0 Å². The summed E-state index contributed by atoms with van der Waals surface area (Å²) in [6.45, 7) is 10.8. The summed E-state index contributed by atoms with van der Waals surface area (Å²) >= 11 is 0. The molecule has 0 spiro atoms. The van der Waals surface area contributed by atoms with Crippen LogP contribution in [0.4, 0.5) is 0 Å². The Morgan fingerprint density at radius 2 is 0.833 bits per heavy atom. The molecule has 1 saturated heterocycles. The number of ether oxygens (including phenoxy) is 5. The van der Waals surface area contributed by atoms with Crippen molar-refractivity contribution in [3.05, 3.63) is 0 Å². The number of carbonyl (C=O) groups is 5. The fourth-order valence-electron chi connectivity index (χ4n) is 4.65. The molecule has 0 aromatic rings. The molecule has 42 heavy (non-hydrogen) atoms. The van der Waals surface area contributed by atoms with E-state index < -0.39 is 23.8 Å². The number of esters is 5. The van der Waals surface area contributed by atoms with E-state index in [0.717, 1.165) is 0 Å². The Balaban J connectivity index is 3.33. The lowest BCUT2D eigenvalue weighted by Crippen LogP contribution is -2.49. The normalized spacial score (nSPS) is 17.5. The fourth-order valence-corrected chi connectivity index (χ4v) is 4.65. The molecule has 1 rings (SSSR count). The van der Waals surface area contributed by atoms with Crippen LogP contribution in [0.3, 0.4) is 0 Å². The van der Waals surface area contributed by atoms with Crippen molar-refractivity contribution in [2.45, 2.75) is 34.1 Å². The topological polar surface area (TPSA) is 144 Å². The number of hydrogen-bond donors (Lipinski definition) is 0. The largest absolute Gasteiger partial charge is 0.469 e. The summed E-state index contributed by atoms with van der Waals surface area (Å²) in [6.07, 6.45) is 0.638. The molecular formula is C28H50N4O10. The van der Waals surface area contributed by atoms with Crippen molar-refractivity contribution in [3.8, 4) is 0 Å². The van der Waals surface area contributed by atoms with E-state index >= 15 is 0 Å². The third-order valence-corrected chi connectivity index (χ3v) is 6.54. The van der Waals surface area contributed by atoms with Gasteiger partial charge in [0.05, 0.1) is 65.6 Å². The molecule has 0 aromatic heterocycles. The van der Waals surface area contributed by atoms with Crippen molar-refractivity contribution in [1.82, 2.24) is 19.6 Å². The summed E-state index contributed by atoms with van der Waals surface area (Å²) in [4.78, 5) is 70.0. The Bertz CT molecular complexity index is 786. The van der Waals surface area contributed by atoms with Crippen LogP contribution in [0.5, 0.6) is 0 Å². The summed E-state index contributed by atoms with van der Waals surface area (Å²) < 4.78 is 25.7. The molecule has 0 aliphatic carbocycles. The lowest BCUT2D eigenvalue weighted by atomic mass is 10.1. The molecule has 1 aliphatic rings. The van der Waals surface area contributed by atoms with Crippen LogP contribution in [0.15, 0.2) is 0 Å². The highest BCUT2D eigenvalue weighted by atomic mass is 16.5. The van der Waals surface area contributed by atoms with Gasteiger partial charge in [0.2, 0.25) is 0 Å². The van der Waals surface area contributed by atoms with Gasteiger partial charge in [0, 0.05) is 52.4 Å². The van der Waals surface area contributed by atoms with Crippen LogP contribution in [-0.2, 0) is 47.7 Å². The van der Waals surface area contributed by atoms with Crippen LogP contribution >= 0.6 is 0 Å². The third kappa shape index (κ3) is 16.0. The van der Waals surface area contributed by atoms with E-state index in [1.54, 1.807) is 37.5 Å². The van der Waals surface area contributed by atoms with Crippen LogP contribution in [0.1, 0.15) is 34.1 Å². The van der Waals surface area contributed by atoms with E-state index in [2.05, 4.69) is 0 Å². The molecule has 0 bridgehead atoms. The first-order valence-corrected chi connectivity index (χ1v) is 14.7. The highest BCUT2D eigenvalue weighted by Gasteiger charge is 2.29. The first kappa shape index (κ1) is 37.2. The van der Waals surface area contributed by atoms with Crippen molar-refractivity contribution in [3.63, 3.8) is 0 Å². The van der Waals surface area contributed by atoms with Crippen molar-refractivity contribution < 1.29 is 47.7 Å². The second-order valence-electron chi connectivity index (χ2n) is 9.82. The highest BCUT2D eigenvalue weighted by Crippen LogP contribution is 2.10. The van der Waals surface area contributed by atoms with Crippen LogP contribution in [0.25, 0.3) is 0 Å². The predicted octanol–water partition coefficient (Wildman–Crippen LogP) is -0.360. The average molecular weight is 603 g/mol. The van der Waals surface area contributed by atoms with Gasteiger partial charge in [-0.1, -0.05) is 0 Å². The van der Waals surface area contributed by atoms with Crippen molar-refractivity contribution in [2.75, 3.05) is 112 Å². The summed E-state index contributed by atoms with van der Waals surface area (Å²) in [7, 11) is 1.29. The molecule has 0 amide bonds. The van der Waals surface area contributed by atoms with Gasteiger partial charge in [-0.15, -0.1) is 0 Å². The molecule has 0 unspecified atom stereocenters. The molecule has 14 nitrogen and oxygen atoms in total. The van der Waals surface area contributed by atoms with Gasteiger partial charge in [-0.25, -0.2) is 0 Å². The van der Waals surface area contributed by atoms with Crippen molar-refractivity contribution in [2.24, 2.45) is 5.92 Å². The summed E-state index contributed by atoms with van der Waals surface area (Å²) in [5.41, 5.74) is 0. The first-order valence-electron chi connectivity index (χ1n) is 14.7. The molecule has 14 heteroatoms. The zero-order chi connectivity index (χ0) is 31.3. The Hall–Kier alpha value is -2.81. The van der Waals surface area contributed by atoms with Crippen molar-refractivity contribution >= 4 is 29.8 Å². The predicted molar refractivity (Wildman–Crippen MR) is 152 cm³/mol. The zero-order valence-electron chi connectivity index (χ0n) is 26.0. The molecule has 242 valence electrons. The van der Waals surface area contributed by atoms with E-state index in [4.69, 9.17) is 23.7 Å². The SMILES string of the molecule is CCOC(=O)CN1CCCN(CC(=O)OCC)CCN(CC(=O)OCC)CC(C(=O)OC)CN(CC(=O)OCC)CC1. The van der Waals surface area contributed by atoms with Gasteiger partial charge in [0.1, 0.15) is 0 Å². The molecule has 1 fully saturated rings. The van der Waals surface area contributed by atoms with Crippen molar-refractivity contribution in [1.29, 1.82) is 0 Å². The molecule has 0 aromatic carbocycles. The molecular weight excluding hydrogens is 552 g/mol. The van der Waals surface area contributed by atoms with E-state index in [0.29, 0.717) is 45.7 Å². The van der Waals surface area contributed by atoms with Gasteiger partial charge in [-0.05, 0) is 34.1 Å². The second-order valence-corrected chi connectivity index (χ2v) is 9.82. The fraction of sp³-hybridized carbons (Fsp3) is 0.821. The zero-order valence-corrected chi connectivity index (χ0v) is 26.0. The van der Waals surface area contributed by atoms with E-state index in [1.165, 1.54) is 7.11 Å². The molecule has 1 heterocycles. The maximum atomic E-state index is 12.9. The van der Waals surface area contributed by atoms with Crippen LogP contribution < -0.4 is 0 Å². The Morgan fingerprint density at radius 3 is 1.14 bits per heavy atom. The quantitative estimate of drug-likeness (QED) is 0.200.